The van der Waals surface area contributed by atoms with Crippen molar-refractivity contribution in [3.05, 3.63) is 0 Å². The van der Waals surface area contributed by atoms with E-state index in [1.54, 1.807) is 7.11 Å². The summed E-state index contributed by atoms with van der Waals surface area (Å²) < 4.78 is 9.92. The number of methoxy groups -OCH3 is 1. The fourth-order valence-electron chi connectivity index (χ4n) is 1.33. The maximum atomic E-state index is 11.3. The van der Waals surface area contributed by atoms with Crippen LogP contribution >= 0.6 is 0 Å². The minimum Gasteiger partial charge on any atom is -0.484 e. The Morgan fingerprint density at radius 2 is 2.46 bits per heavy atom. The van der Waals surface area contributed by atoms with Gasteiger partial charge in [-0.3, -0.25) is 9.79 Å². The molecule has 0 fully saturated rings. The molecule has 4 heteroatoms. The topological polar surface area (TPSA) is 47.9 Å². The molecule has 4 nitrogen and oxygen atoms in total. The smallest absolute Gasteiger partial charge is 0.309 e. The van der Waals surface area contributed by atoms with Crippen molar-refractivity contribution in [2.75, 3.05) is 20.3 Å². The molecule has 0 amide bonds. The standard InChI is InChI=1S/C9H15NO3/c1-3-13-9(11)7-4-5-10-8(6-7)12-2/h7H,3-6H2,1-2H3. The molecule has 0 aromatic carbocycles. The van der Waals surface area contributed by atoms with Gasteiger partial charge >= 0.3 is 5.97 Å². The second kappa shape index (κ2) is 4.84. The van der Waals surface area contributed by atoms with Crippen molar-refractivity contribution in [2.24, 2.45) is 10.9 Å². The predicted molar refractivity (Wildman–Crippen MR) is 48.7 cm³/mol. The minimum atomic E-state index is -0.132. The van der Waals surface area contributed by atoms with Gasteiger partial charge in [0.1, 0.15) is 0 Å². The molecule has 1 rings (SSSR count). The summed E-state index contributed by atoms with van der Waals surface area (Å²) in [7, 11) is 1.58. The first-order valence-electron chi connectivity index (χ1n) is 4.51. The average molecular weight is 185 g/mol. The van der Waals surface area contributed by atoms with Gasteiger partial charge < -0.3 is 9.47 Å². The fourth-order valence-corrected chi connectivity index (χ4v) is 1.33. The Bertz CT molecular complexity index is 213. The number of rotatable bonds is 2. The summed E-state index contributed by atoms with van der Waals surface area (Å²) >= 11 is 0. The number of esters is 1. The minimum absolute atomic E-state index is 0.0626. The van der Waals surface area contributed by atoms with E-state index in [0.717, 1.165) is 6.42 Å². The van der Waals surface area contributed by atoms with Crippen molar-refractivity contribution in [1.29, 1.82) is 0 Å². The predicted octanol–water partition coefficient (Wildman–Crippen LogP) is 1.00. The number of carbonyl (C=O) groups is 1. The first-order chi connectivity index (χ1) is 6.27. The Morgan fingerprint density at radius 1 is 1.69 bits per heavy atom. The second-order valence-corrected chi connectivity index (χ2v) is 2.92. The zero-order valence-electron chi connectivity index (χ0n) is 8.08. The second-order valence-electron chi connectivity index (χ2n) is 2.92. The van der Waals surface area contributed by atoms with Gasteiger partial charge in [0.25, 0.3) is 0 Å². The summed E-state index contributed by atoms with van der Waals surface area (Å²) in [6, 6.07) is 0. The summed E-state index contributed by atoms with van der Waals surface area (Å²) in [6.07, 6.45) is 1.35. The van der Waals surface area contributed by atoms with Crippen molar-refractivity contribution in [2.45, 2.75) is 19.8 Å². The van der Waals surface area contributed by atoms with Crippen molar-refractivity contribution in [1.82, 2.24) is 0 Å². The normalized spacial score (nSPS) is 22.0. The summed E-state index contributed by atoms with van der Waals surface area (Å²) in [5.41, 5.74) is 0. The highest BCUT2D eigenvalue weighted by atomic mass is 16.5. The SMILES string of the molecule is CCOC(=O)C1CCN=C(OC)C1. The van der Waals surface area contributed by atoms with E-state index < -0.39 is 0 Å². The summed E-state index contributed by atoms with van der Waals surface area (Å²) in [4.78, 5) is 15.5. The number of hydrogen-bond acceptors (Lipinski definition) is 4. The van der Waals surface area contributed by atoms with Crippen LogP contribution in [0.3, 0.4) is 0 Å². The van der Waals surface area contributed by atoms with Gasteiger partial charge in [0.05, 0.1) is 19.6 Å². The first kappa shape index (κ1) is 10.0. The number of ether oxygens (including phenoxy) is 2. The molecule has 0 aliphatic carbocycles. The van der Waals surface area contributed by atoms with E-state index in [0.29, 0.717) is 25.5 Å². The number of hydrogen-bond donors (Lipinski definition) is 0. The van der Waals surface area contributed by atoms with E-state index in [1.807, 2.05) is 6.92 Å². The van der Waals surface area contributed by atoms with Crippen LogP contribution in [0.15, 0.2) is 4.99 Å². The number of nitrogens with zero attached hydrogens (tertiary/aromatic N) is 1. The molecule has 1 aliphatic rings. The molecule has 1 aliphatic heterocycles. The summed E-state index contributed by atoms with van der Waals surface area (Å²) in [5, 5.41) is 0. The molecule has 74 valence electrons. The molecule has 0 saturated carbocycles. The molecule has 1 heterocycles. The van der Waals surface area contributed by atoms with Gasteiger partial charge in [0.2, 0.25) is 0 Å². The molecular formula is C9H15NO3. The summed E-state index contributed by atoms with van der Waals surface area (Å²) in [6.45, 7) is 2.91. The molecule has 0 bridgehead atoms. The van der Waals surface area contributed by atoms with Crippen LogP contribution in [0.1, 0.15) is 19.8 Å². The van der Waals surface area contributed by atoms with Gasteiger partial charge in [-0.25, -0.2) is 0 Å². The van der Waals surface area contributed by atoms with Crippen molar-refractivity contribution in [3.8, 4) is 0 Å². The summed E-state index contributed by atoms with van der Waals surface area (Å²) in [5.74, 6) is 0.462. The van der Waals surface area contributed by atoms with Crippen LogP contribution in [0.5, 0.6) is 0 Å². The Morgan fingerprint density at radius 3 is 3.08 bits per heavy atom. The van der Waals surface area contributed by atoms with E-state index in [9.17, 15) is 4.79 Å². The zero-order valence-corrected chi connectivity index (χ0v) is 8.08. The van der Waals surface area contributed by atoms with Crippen LogP contribution in [-0.4, -0.2) is 32.1 Å². The van der Waals surface area contributed by atoms with E-state index >= 15 is 0 Å². The molecule has 0 N–H and O–H groups in total. The lowest BCUT2D eigenvalue weighted by Gasteiger charge is -2.19. The largest absolute Gasteiger partial charge is 0.484 e. The molecule has 0 aromatic heterocycles. The van der Waals surface area contributed by atoms with Crippen LogP contribution in [-0.2, 0) is 14.3 Å². The molecule has 13 heavy (non-hydrogen) atoms. The third-order valence-corrected chi connectivity index (χ3v) is 2.04. The molecule has 1 unspecified atom stereocenters. The van der Waals surface area contributed by atoms with Crippen LogP contribution in [0.25, 0.3) is 0 Å². The highest BCUT2D eigenvalue weighted by molar-refractivity contribution is 5.83. The maximum Gasteiger partial charge on any atom is 0.309 e. The molecule has 1 atom stereocenters. The van der Waals surface area contributed by atoms with E-state index in [1.165, 1.54) is 0 Å². The van der Waals surface area contributed by atoms with Crippen LogP contribution in [0.4, 0.5) is 0 Å². The van der Waals surface area contributed by atoms with Gasteiger partial charge in [0, 0.05) is 13.0 Å². The number of aliphatic imine (C=N–C) groups is 1. The van der Waals surface area contributed by atoms with E-state index in [4.69, 9.17) is 9.47 Å². The maximum absolute atomic E-state index is 11.3. The first-order valence-corrected chi connectivity index (χ1v) is 4.51. The van der Waals surface area contributed by atoms with Crippen LogP contribution in [0.2, 0.25) is 0 Å². The van der Waals surface area contributed by atoms with E-state index in [2.05, 4.69) is 4.99 Å². The van der Waals surface area contributed by atoms with Crippen molar-refractivity contribution >= 4 is 11.9 Å². The molecule has 0 saturated heterocycles. The van der Waals surface area contributed by atoms with Gasteiger partial charge in [0.15, 0.2) is 5.90 Å². The Hall–Kier alpha value is -1.06. The Balaban J connectivity index is 2.45. The third-order valence-electron chi connectivity index (χ3n) is 2.04. The number of carbonyl (C=O) groups excluding carboxylic acids is 1. The van der Waals surface area contributed by atoms with Gasteiger partial charge in [-0.2, -0.15) is 0 Å². The van der Waals surface area contributed by atoms with Gasteiger partial charge in [-0.15, -0.1) is 0 Å². The third kappa shape index (κ3) is 2.72. The lowest BCUT2D eigenvalue weighted by molar-refractivity contribution is -0.148. The highest BCUT2D eigenvalue weighted by Gasteiger charge is 2.24. The molecule has 0 spiro atoms. The van der Waals surface area contributed by atoms with Gasteiger partial charge in [-0.1, -0.05) is 0 Å². The zero-order chi connectivity index (χ0) is 9.68. The average Bonchev–Trinajstić information content (AvgIpc) is 2.18. The quantitative estimate of drug-likeness (QED) is 0.603. The van der Waals surface area contributed by atoms with Crippen LogP contribution < -0.4 is 0 Å². The molecule has 0 radical (unpaired) electrons. The van der Waals surface area contributed by atoms with Gasteiger partial charge in [-0.05, 0) is 13.3 Å². The van der Waals surface area contributed by atoms with E-state index in [-0.39, 0.29) is 11.9 Å². The monoisotopic (exact) mass is 185 g/mol. The Kier molecular flexibility index (Phi) is 3.73. The van der Waals surface area contributed by atoms with Crippen LogP contribution in [0, 0.1) is 5.92 Å². The van der Waals surface area contributed by atoms with Crippen molar-refractivity contribution < 1.29 is 14.3 Å². The fraction of sp³-hybridized carbons (Fsp3) is 0.778. The highest BCUT2D eigenvalue weighted by Crippen LogP contribution is 2.17. The van der Waals surface area contributed by atoms with Crippen molar-refractivity contribution in [3.63, 3.8) is 0 Å². The lowest BCUT2D eigenvalue weighted by atomic mass is 9.99. The molecular weight excluding hydrogens is 170 g/mol. The molecule has 0 aromatic rings. The Labute approximate surface area is 77.9 Å². The lowest BCUT2D eigenvalue weighted by Crippen LogP contribution is -2.26.